The van der Waals surface area contributed by atoms with Crippen LogP contribution >= 0.6 is 0 Å². The smallest absolute Gasteiger partial charge is 0.243 e. The standard InChI is InChI=1S/C12H15FN4O3S/c1-8-16-12(20-17-8)7-15-21(18,19)11-5-9(6-14-2)3-4-10(11)13/h3-5,14-15H,6-7H2,1-2H3. The normalized spacial score (nSPS) is 11.8. The third-order valence-electron chi connectivity index (χ3n) is 2.65. The van der Waals surface area contributed by atoms with Crippen LogP contribution in [0.3, 0.4) is 0 Å². The Bertz CT molecular complexity index is 730. The molecule has 0 fully saturated rings. The minimum atomic E-state index is -4.00. The number of nitrogens with one attached hydrogen (secondary N) is 2. The molecule has 1 aromatic carbocycles. The molecule has 0 amide bonds. The summed E-state index contributed by atoms with van der Waals surface area (Å²) in [6, 6.07) is 3.93. The zero-order chi connectivity index (χ0) is 15.5. The molecule has 1 aromatic heterocycles. The second kappa shape index (κ2) is 6.29. The first-order valence-corrected chi connectivity index (χ1v) is 7.62. The molecular weight excluding hydrogens is 299 g/mol. The summed E-state index contributed by atoms with van der Waals surface area (Å²) in [4.78, 5) is 3.46. The molecule has 7 nitrogen and oxygen atoms in total. The second-order valence-corrected chi connectivity index (χ2v) is 6.09. The minimum absolute atomic E-state index is 0.114. The molecule has 0 bridgehead atoms. The fourth-order valence-corrected chi connectivity index (χ4v) is 2.81. The van der Waals surface area contributed by atoms with Gasteiger partial charge in [0.15, 0.2) is 5.82 Å². The maximum atomic E-state index is 13.7. The number of aryl methyl sites for hydroxylation is 1. The van der Waals surface area contributed by atoms with Crippen LogP contribution in [0.15, 0.2) is 27.6 Å². The van der Waals surface area contributed by atoms with Gasteiger partial charge >= 0.3 is 0 Å². The van der Waals surface area contributed by atoms with Gasteiger partial charge in [0.05, 0.1) is 6.54 Å². The molecule has 114 valence electrons. The highest BCUT2D eigenvalue weighted by atomic mass is 32.2. The van der Waals surface area contributed by atoms with E-state index in [9.17, 15) is 12.8 Å². The molecule has 0 saturated heterocycles. The molecule has 0 aliphatic heterocycles. The molecule has 0 atom stereocenters. The van der Waals surface area contributed by atoms with Crippen LogP contribution < -0.4 is 10.0 Å². The molecule has 0 radical (unpaired) electrons. The first-order valence-electron chi connectivity index (χ1n) is 6.14. The molecule has 0 saturated carbocycles. The average Bonchev–Trinajstić information content (AvgIpc) is 2.85. The first kappa shape index (κ1) is 15.5. The number of hydrogen-bond donors (Lipinski definition) is 2. The van der Waals surface area contributed by atoms with Gasteiger partial charge in [-0.2, -0.15) is 4.98 Å². The lowest BCUT2D eigenvalue weighted by atomic mass is 10.2. The maximum Gasteiger partial charge on any atom is 0.243 e. The highest BCUT2D eigenvalue weighted by Crippen LogP contribution is 2.16. The zero-order valence-corrected chi connectivity index (χ0v) is 12.4. The third-order valence-corrected chi connectivity index (χ3v) is 4.07. The summed E-state index contributed by atoms with van der Waals surface area (Å²) in [5, 5.41) is 6.41. The van der Waals surface area contributed by atoms with Crippen molar-refractivity contribution in [2.24, 2.45) is 0 Å². The van der Waals surface area contributed by atoms with Gasteiger partial charge in [-0.15, -0.1) is 0 Å². The summed E-state index contributed by atoms with van der Waals surface area (Å²) < 4.78 is 45.0. The molecule has 0 unspecified atom stereocenters. The van der Waals surface area contributed by atoms with Gasteiger partial charge < -0.3 is 9.84 Å². The van der Waals surface area contributed by atoms with Crippen LogP contribution in [0.4, 0.5) is 4.39 Å². The van der Waals surface area contributed by atoms with Crippen LogP contribution in [0.1, 0.15) is 17.3 Å². The van der Waals surface area contributed by atoms with Crippen molar-refractivity contribution >= 4 is 10.0 Å². The third kappa shape index (κ3) is 3.84. The Hall–Kier alpha value is -1.84. The van der Waals surface area contributed by atoms with Crippen molar-refractivity contribution < 1.29 is 17.3 Å². The number of benzene rings is 1. The van der Waals surface area contributed by atoms with Gasteiger partial charge in [0.1, 0.15) is 10.7 Å². The fraction of sp³-hybridized carbons (Fsp3) is 0.333. The predicted octanol–water partition coefficient (Wildman–Crippen LogP) is 0.715. The monoisotopic (exact) mass is 314 g/mol. The van der Waals surface area contributed by atoms with Crippen molar-refractivity contribution in [2.75, 3.05) is 7.05 Å². The highest BCUT2D eigenvalue weighted by molar-refractivity contribution is 7.89. The van der Waals surface area contributed by atoms with Gasteiger partial charge in [-0.1, -0.05) is 11.2 Å². The Morgan fingerprint density at radius 2 is 2.10 bits per heavy atom. The second-order valence-electron chi connectivity index (χ2n) is 4.35. The number of sulfonamides is 1. The Morgan fingerprint density at radius 1 is 1.33 bits per heavy atom. The quantitative estimate of drug-likeness (QED) is 0.815. The largest absolute Gasteiger partial charge is 0.338 e. The number of aromatic nitrogens is 2. The molecule has 9 heteroatoms. The molecule has 2 rings (SSSR count). The average molecular weight is 314 g/mol. The molecule has 21 heavy (non-hydrogen) atoms. The Morgan fingerprint density at radius 3 is 2.71 bits per heavy atom. The van der Waals surface area contributed by atoms with Crippen molar-refractivity contribution in [3.05, 3.63) is 41.3 Å². The molecule has 0 spiro atoms. The van der Waals surface area contributed by atoms with E-state index in [1.54, 1.807) is 14.0 Å². The summed E-state index contributed by atoms with van der Waals surface area (Å²) in [5.41, 5.74) is 0.660. The van der Waals surface area contributed by atoms with Crippen molar-refractivity contribution in [3.8, 4) is 0 Å². The van der Waals surface area contributed by atoms with Crippen molar-refractivity contribution in [1.29, 1.82) is 0 Å². The Balaban J connectivity index is 2.20. The summed E-state index contributed by atoms with van der Waals surface area (Å²) in [6.07, 6.45) is 0. The highest BCUT2D eigenvalue weighted by Gasteiger charge is 2.20. The SMILES string of the molecule is CNCc1ccc(F)c(S(=O)(=O)NCc2nc(C)no2)c1. The van der Waals surface area contributed by atoms with E-state index in [0.29, 0.717) is 17.9 Å². The van der Waals surface area contributed by atoms with Crippen molar-refractivity contribution in [2.45, 2.75) is 24.9 Å². The van der Waals surface area contributed by atoms with Crippen LogP contribution in [0.5, 0.6) is 0 Å². The fourth-order valence-electron chi connectivity index (χ4n) is 1.71. The van der Waals surface area contributed by atoms with E-state index in [1.165, 1.54) is 12.1 Å². The summed E-state index contributed by atoms with van der Waals surface area (Å²) in [6.45, 7) is 1.85. The number of rotatable bonds is 6. The van der Waals surface area contributed by atoms with Gasteiger partial charge in [-0.3, -0.25) is 0 Å². The van der Waals surface area contributed by atoms with E-state index in [-0.39, 0.29) is 12.4 Å². The van der Waals surface area contributed by atoms with E-state index in [2.05, 4.69) is 20.2 Å². The van der Waals surface area contributed by atoms with Gasteiger partial charge in [-0.25, -0.2) is 17.5 Å². The van der Waals surface area contributed by atoms with Crippen LogP contribution in [-0.2, 0) is 23.1 Å². The van der Waals surface area contributed by atoms with Crippen LogP contribution in [0.25, 0.3) is 0 Å². The van der Waals surface area contributed by atoms with Gasteiger partial charge in [0.2, 0.25) is 15.9 Å². The van der Waals surface area contributed by atoms with E-state index in [1.807, 2.05) is 0 Å². The number of nitrogens with zero attached hydrogens (tertiary/aromatic N) is 2. The van der Waals surface area contributed by atoms with Gasteiger partial charge in [0.25, 0.3) is 0 Å². The van der Waals surface area contributed by atoms with Crippen molar-refractivity contribution in [1.82, 2.24) is 20.2 Å². The molecule has 0 aliphatic rings. The number of halogens is 1. The Kier molecular flexibility index (Phi) is 4.66. The molecule has 2 aromatic rings. The van der Waals surface area contributed by atoms with Crippen LogP contribution in [0.2, 0.25) is 0 Å². The maximum absolute atomic E-state index is 13.7. The molecular formula is C12H15FN4O3S. The van der Waals surface area contributed by atoms with Gasteiger partial charge in [-0.05, 0) is 31.7 Å². The van der Waals surface area contributed by atoms with Gasteiger partial charge in [0, 0.05) is 6.54 Å². The van der Waals surface area contributed by atoms with E-state index in [0.717, 1.165) is 6.07 Å². The lowest BCUT2D eigenvalue weighted by Crippen LogP contribution is -2.24. The minimum Gasteiger partial charge on any atom is -0.338 e. The van der Waals surface area contributed by atoms with Crippen LogP contribution in [0, 0.1) is 12.7 Å². The molecule has 2 N–H and O–H groups in total. The predicted molar refractivity (Wildman–Crippen MR) is 72.2 cm³/mol. The Labute approximate surface area is 121 Å². The molecule has 0 aliphatic carbocycles. The van der Waals surface area contributed by atoms with E-state index < -0.39 is 20.7 Å². The van der Waals surface area contributed by atoms with E-state index >= 15 is 0 Å². The van der Waals surface area contributed by atoms with E-state index in [4.69, 9.17) is 4.52 Å². The number of hydrogen-bond acceptors (Lipinski definition) is 6. The zero-order valence-electron chi connectivity index (χ0n) is 11.6. The van der Waals surface area contributed by atoms with Crippen LogP contribution in [-0.4, -0.2) is 25.6 Å². The molecule has 1 heterocycles. The first-order chi connectivity index (χ1) is 9.92. The van der Waals surface area contributed by atoms with Crippen molar-refractivity contribution in [3.63, 3.8) is 0 Å². The summed E-state index contributed by atoms with van der Waals surface area (Å²) >= 11 is 0. The summed E-state index contributed by atoms with van der Waals surface area (Å²) in [5.74, 6) is -0.307. The summed E-state index contributed by atoms with van der Waals surface area (Å²) in [7, 11) is -2.29. The topological polar surface area (TPSA) is 97.1 Å². The lowest BCUT2D eigenvalue weighted by Gasteiger charge is -2.08. The lowest BCUT2D eigenvalue weighted by molar-refractivity contribution is 0.372.